The Kier molecular flexibility index (Phi) is 6.78. The number of hydrogen-bond acceptors (Lipinski definition) is 3. The predicted octanol–water partition coefficient (Wildman–Crippen LogP) is 2.69. The van der Waals surface area contributed by atoms with Crippen molar-refractivity contribution in [1.82, 2.24) is 9.47 Å². The van der Waals surface area contributed by atoms with Gasteiger partial charge in [-0.25, -0.2) is 0 Å². The molecule has 0 unspecified atom stereocenters. The molecule has 0 aromatic carbocycles. The highest BCUT2D eigenvalue weighted by Gasteiger charge is 2.17. The van der Waals surface area contributed by atoms with E-state index in [1.807, 2.05) is 10.8 Å². The second-order valence-corrected chi connectivity index (χ2v) is 5.43. The molecular formula is C14H21BrN2O3. The van der Waals surface area contributed by atoms with Crippen LogP contribution in [0.1, 0.15) is 37.2 Å². The number of carbonyl (C=O) groups is 2. The monoisotopic (exact) mass is 344 g/mol. The van der Waals surface area contributed by atoms with Gasteiger partial charge in [0.2, 0.25) is 0 Å². The molecule has 0 aliphatic rings. The molecule has 0 aliphatic heterocycles. The van der Waals surface area contributed by atoms with Gasteiger partial charge in [0.1, 0.15) is 5.69 Å². The summed E-state index contributed by atoms with van der Waals surface area (Å²) in [6.45, 7) is 5.34. The Bertz CT molecular complexity index is 471. The molecule has 0 saturated carbocycles. The van der Waals surface area contributed by atoms with Gasteiger partial charge in [0, 0.05) is 30.8 Å². The van der Waals surface area contributed by atoms with Gasteiger partial charge in [-0.1, -0.05) is 6.92 Å². The summed E-state index contributed by atoms with van der Waals surface area (Å²) in [5.41, 5.74) is 0.630. The van der Waals surface area contributed by atoms with Crippen LogP contribution in [-0.2, 0) is 16.1 Å². The molecule has 0 radical (unpaired) electrons. The van der Waals surface area contributed by atoms with Crippen molar-refractivity contribution in [3.8, 4) is 0 Å². The summed E-state index contributed by atoms with van der Waals surface area (Å²) in [5.74, 6) is -0.370. The standard InChI is InChI=1S/C14H21BrN2O3/c1-4-7-17-10-11(15)9-12(17)14(19)16(3)8-6-13(18)20-5-2/h9-10H,4-8H2,1-3H3. The molecule has 1 rings (SSSR count). The largest absolute Gasteiger partial charge is 0.466 e. The molecule has 0 fully saturated rings. The molecule has 0 atom stereocenters. The van der Waals surface area contributed by atoms with Crippen LogP contribution in [0.5, 0.6) is 0 Å². The quantitative estimate of drug-likeness (QED) is 0.714. The Balaban J connectivity index is 2.66. The van der Waals surface area contributed by atoms with Crippen molar-refractivity contribution in [3.63, 3.8) is 0 Å². The molecular weight excluding hydrogens is 324 g/mol. The molecule has 112 valence electrons. The first-order valence-corrected chi connectivity index (χ1v) is 7.55. The van der Waals surface area contributed by atoms with E-state index in [2.05, 4.69) is 22.9 Å². The van der Waals surface area contributed by atoms with E-state index in [1.54, 1.807) is 24.9 Å². The first-order chi connectivity index (χ1) is 9.49. The van der Waals surface area contributed by atoms with Gasteiger partial charge in [0.15, 0.2) is 0 Å². The summed E-state index contributed by atoms with van der Waals surface area (Å²) in [7, 11) is 1.69. The fourth-order valence-electron chi connectivity index (χ4n) is 1.87. The Morgan fingerprint density at radius 2 is 2.10 bits per heavy atom. The predicted molar refractivity (Wildman–Crippen MR) is 80.6 cm³/mol. The van der Waals surface area contributed by atoms with E-state index >= 15 is 0 Å². The molecule has 20 heavy (non-hydrogen) atoms. The van der Waals surface area contributed by atoms with E-state index in [-0.39, 0.29) is 18.3 Å². The summed E-state index contributed by atoms with van der Waals surface area (Å²) in [4.78, 5) is 25.2. The lowest BCUT2D eigenvalue weighted by atomic mass is 10.3. The zero-order valence-electron chi connectivity index (χ0n) is 12.2. The third kappa shape index (κ3) is 4.67. The average molecular weight is 345 g/mol. The molecule has 1 aromatic rings. The number of esters is 1. The Morgan fingerprint density at radius 3 is 2.70 bits per heavy atom. The van der Waals surface area contributed by atoms with Crippen LogP contribution in [0, 0.1) is 0 Å². The van der Waals surface area contributed by atoms with Crippen molar-refractivity contribution in [1.29, 1.82) is 0 Å². The lowest BCUT2D eigenvalue weighted by molar-refractivity contribution is -0.143. The van der Waals surface area contributed by atoms with E-state index in [0.29, 0.717) is 18.8 Å². The van der Waals surface area contributed by atoms with Gasteiger partial charge in [0.05, 0.1) is 13.0 Å². The van der Waals surface area contributed by atoms with Gasteiger partial charge in [-0.3, -0.25) is 9.59 Å². The van der Waals surface area contributed by atoms with Gasteiger partial charge in [-0.2, -0.15) is 0 Å². The highest BCUT2D eigenvalue weighted by atomic mass is 79.9. The lowest BCUT2D eigenvalue weighted by Gasteiger charge is -2.17. The first kappa shape index (κ1) is 16.8. The van der Waals surface area contributed by atoms with Crippen molar-refractivity contribution in [2.24, 2.45) is 0 Å². The van der Waals surface area contributed by atoms with Gasteiger partial charge >= 0.3 is 5.97 Å². The van der Waals surface area contributed by atoms with Crippen molar-refractivity contribution in [2.45, 2.75) is 33.2 Å². The van der Waals surface area contributed by atoms with E-state index in [1.165, 1.54) is 0 Å². The van der Waals surface area contributed by atoms with Crippen LogP contribution in [0.2, 0.25) is 0 Å². The number of hydrogen-bond donors (Lipinski definition) is 0. The summed E-state index contributed by atoms with van der Waals surface area (Å²) in [5, 5.41) is 0. The number of halogens is 1. The second-order valence-electron chi connectivity index (χ2n) is 4.52. The summed E-state index contributed by atoms with van der Waals surface area (Å²) >= 11 is 3.39. The van der Waals surface area contributed by atoms with Gasteiger partial charge < -0.3 is 14.2 Å². The topological polar surface area (TPSA) is 51.5 Å². The normalized spacial score (nSPS) is 10.4. The Labute approximate surface area is 128 Å². The lowest BCUT2D eigenvalue weighted by Crippen LogP contribution is -2.31. The third-order valence-electron chi connectivity index (χ3n) is 2.85. The van der Waals surface area contributed by atoms with Crippen LogP contribution in [0.15, 0.2) is 16.7 Å². The zero-order valence-corrected chi connectivity index (χ0v) is 13.8. The number of amides is 1. The number of carbonyl (C=O) groups excluding carboxylic acids is 2. The summed E-state index contributed by atoms with van der Waals surface area (Å²) in [6.07, 6.45) is 3.07. The smallest absolute Gasteiger partial charge is 0.307 e. The van der Waals surface area contributed by atoms with Crippen molar-refractivity contribution >= 4 is 27.8 Å². The van der Waals surface area contributed by atoms with Gasteiger partial charge in [0.25, 0.3) is 5.91 Å². The molecule has 0 saturated heterocycles. The molecule has 1 aromatic heterocycles. The number of aryl methyl sites for hydroxylation is 1. The highest BCUT2D eigenvalue weighted by Crippen LogP contribution is 2.17. The Hall–Kier alpha value is -1.30. The van der Waals surface area contributed by atoms with Crippen LogP contribution < -0.4 is 0 Å². The van der Waals surface area contributed by atoms with E-state index in [0.717, 1.165) is 17.4 Å². The van der Waals surface area contributed by atoms with Crippen molar-refractivity contribution < 1.29 is 14.3 Å². The van der Waals surface area contributed by atoms with Crippen LogP contribution in [0.25, 0.3) is 0 Å². The maximum atomic E-state index is 12.4. The maximum absolute atomic E-state index is 12.4. The van der Waals surface area contributed by atoms with Crippen LogP contribution in [0.3, 0.4) is 0 Å². The van der Waals surface area contributed by atoms with Gasteiger partial charge in [-0.05, 0) is 35.3 Å². The fourth-order valence-corrected chi connectivity index (χ4v) is 2.33. The van der Waals surface area contributed by atoms with E-state index < -0.39 is 0 Å². The molecule has 0 aliphatic carbocycles. The molecule has 1 amide bonds. The third-order valence-corrected chi connectivity index (χ3v) is 3.28. The molecule has 0 bridgehead atoms. The highest BCUT2D eigenvalue weighted by molar-refractivity contribution is 9.10. The Morgan fingerprint density at radius 1 is 1.40 bits per heavy atom. The second kappa shape index (κ2) is 8.09. The fraction of sp³-hybridized carbons (Fsp3) is 0.571. The molecule has 1 heterocycles. The maximum Gasteiger partial charge on any atom is 0.307 e. The first-order valence-electron chi connectivity index (χ1n) is 6.76. The van der Waals surface area contributed by atoms with E-state index in [4.69, 9.17) is 4.74 Å². The average Bonchev–Trinajstić information content (AvgIpc) is 2.77. The molecule has 6 heteroatoms. The molecule has 0 spiro atoms. The van der Waals surface area contributed by atoms with Crippen molar-refractivity contribution in [3.05, 3.63) is 22.4 Å². The van der Waals surface area contributed by atoms with Crippen LogP contribution >= 0.6 is 15.9 Å². The SMILES string of the molecule is CCCn1cc(Br)cc1C(=O)N(C)CCC(=O)OCC. The van der Waals surface area contributed by atoms with Crippen LogP contribution in [0.4, 0.5) is 0 Å². The van der Waals surface area contributed by atoms with Crippen molar-refractivity contribution in [2.75, 3.05) is 20.2 Å². The molecule has 5 nitrogen and oxygen atoms in total. The summed E-state index contributed by atoms with van der Waals surface area (Å²) < 4.78 is 7.66. The summed E-state index contributed by atoms with van der Waals surface area (Å²) in [6, 6.07) is 1.80. The number of rotatable bonds is 7. The zero-order chi connectivity index (χ0) is 15.1. The minimum atomic E-state index is -0.280. The minimum Gasteiger partial charge on any atom is -0.466 e. The minimum absolute atomic E-state index is 0.0894. The van der Waals surface area contributed by atoms with Gasteiger partial charge in [-0.15, -0.1) is 0 Å². The number of nitrogens with zero attached hydrogens (tertiary/aromatic N) is 2. The number of aromatic nitrogens is 1. The molecule has 0 N–H and O–H groups in total. The van der Waals surface area contributed by atoms with E-state index in [9.17, 15) is 9.59 Å². The van der Waals surface area contributed by atoms with Crippen LogP contribution in [-0.4, -0.2) is 41.5 Å². The number of ether oxygens (including phenoxy) is 1.